The highest BCUT2D eigenvalue weighted by Crippen LogP contribution is 2.21. The number of hydrogen-bond acceptors (Lipinski definition) is 3. The molecule has 0 spiro atoms. The molecule has 4 heteroatoms. The van der Waals surface area contributed by atoms with E-state index in [0.717, 1.165) is 31.2 Å². The lowest BCUT2D eigenvalue weighted by atomic mass is 9.99. The zero-order chi connectivity index (χ0) is 14.2. The van der Waals surface area contributed by atoms with Gasteiger partial charge in [0.25, 0.3) is 5.91 Å². The van der Waals surface area contributed by atoms with E-state index < -0.39 is 0 Å². The number of nitrogens with zero attached hydrogens (tertiary/aromatic N) is 1. The van der Waals surface area contributed by atoms with E-state index in [9.17, 15) is 9.59 Å². The fourth-order valence-corrected chi connectivity index (χ4v) is 2.19. The number of carbonyl (C=O) groups excluding carboxylic acids is 2. The van der Waals surface area contributed by atoms with Crippen LogP contribution in [0.5, 0.6) is 0 Å². The average molecular weight is 270 g/mol. The lowest BCUT2D eigenvalue weighted by Crippen LogP contribution is -2.13. The van der Waals surface area contributed by atoms with E-state index >= 15 is 0 Å². The number of rotatable bonds is 5. The molecule has 1 aromatic rings. The Morgan fingerprint density at radius 1 is 1.40 bits per heavy atom. The van der Waals surface area contributed by atoms with Gasteiger partial charge in [-0.25, -0.2) is 0 Å². The summed E-state index contributed by atoms with van der Waals surface area (Å²) in [6, 6.07) is 3.51. The van der Waals surface area contributed by atoms with E-state index in [4.69, 9.17) is 0 Å². The number of aldehydes is 1. The number of hydrogen-bond donors (Lipinski definition) is 1. The summed E-state index contributed by atoms with van der Waals surface area (Å²) in [6.07, 6.45) is 13.3. The van der Waals surface area contributed by atoms with Gasteiger partial charge in [-0.15, -0.1) is 0 Å². The Labute approximate surface area is 118 Å². The molecule has 2 rings (SSSR count). The molecule has 0 aliphatic heterocycles. The van der Waals surface area contributed by atoms with E-state index in [0.29, 0.717) is 17.9 Å². The largest absolute Gasteiger partial charge is 0.322 e. The first-order valence-corrected chi connectivity index (χ1v) is 6.83. The second-order valence-electron chi connectivity index (χ2n) is 4.79. The standard InChI is InChI=1S/C16H18N2O2/c19-12-2-4-13-3-1-5-14(7-6-13)16(20)18-15-8-10-17-11-9-15/h5-13H,1-4H2,(H,17,18,20). The van der Waals surface area contributed by atoms with Crippen molar-refractivity contribution in [1.29, 1.82) is 0 Å². The van der Waals surface area contributed by atoms with Crippen molar-refractivity contribution < 1.29 is 9.59 Å². The average Bonchev–Trinajstić information content (AvgIpc) is 2.72. The molecule has 1 aliphatic carbocycles. The molecule has 0 saturated heterocycles. The van der Waals surface area contributed by atoms with Crippen LogP contribution in [0.25, 0.3) is 0 Å². The fraction of sp³-hybridized carbons (Fsp3) is 0.312. The molecular weight excluding hydrogens is 252 g/mol. The van der Waals surface area contributed by atoms with Gasteiger partial charge < -0.3 is 10.1 Å². The maximum atomic E-state index is 12.1. The molecule has 1 atom stereocenters. The van der Waals surface area contributed by atoms with Crippen molar-refractivity contribution in [2.24, 2.45) is 5.92 Å². The highest BCUT2D eigenvalue weighted by Gasteiger charge is 2.12. The fourth-order valence-electron chi connectivity index (χ4n) is 2.19. The summed E-state index contributed by atoms with van der Waals surface area (Å²) in [5, 5.41) is 2.84. The number of allylic oxidation sites excluding steroid dienone is 2. The molecule has 4 nitrogen and oxygen atoms in total. The second-order valence-corrected chi connectivity index (χ2v) is 4.79. The van der Waals surface area contributed by atoms with E-state index in [-0.39, 0.29) is 5.91 Å². The topological polar surface area (TPSA) is 59.1 Å². The van der Waals surface area contributed by atoms with Gasteiger partial charge in [-0.05, 0) is 37.3 Å². The van der Waals surface area contributed by atoms with Crippen molar-refractivity contribution in [2.45, 2.75) is 25.7 Å². The number of pyridine rings is 1. The van der Waals surface area contributed by atoms with Crippen molar-refractivity contribution >= 4 is 17.9 Å². The number of amides is 1. The lowest BCUT2D eigenvalue weighted by Gasteiger charge is -2.06. The van der Waals surface area contributed by atoms with Gasteiger partial charge in [0.05, 0.1) is 0 Å². The first kappa shape index (κ1) is 14.2. The van der Waals surface area contributed by atoms with Crippen LogP contribution in [0.3, 0.4) is 0 Å². The van der Waals surface area contributed by atoms with Gasteiger partial charge >= 0.3 is 0 Å². The van der Waals surface area contributed by atoms with Crippen LogP contribution in [0.4, 0.5) is 5.69 Å². The third-order valence-corrected chi connectivity index (χ3v) is 3.31. The van der Waals surface area contributed by atoms with Crippen molar-refractivity contribution in [2.75, 3.05) is 5.32 Å². The van der Waals surface area contributed by atoms with Gasteiger partial charge in [0, 0.05) is 30.1 Å². The Bertz CT molecular complexity index is 521. The molecule has 1 aliphatic rings. The maximum absolute atomic E-state index is 12.1. The third kappa shape index (κ3) is 4.16. The van der Waals surface area contributed by atoms with E-state index in [2.05, 4.69) is 10.3 Å². The maximum Gasteiger partial charge on any atom is 0.255 e. The van der Waals surface area contributed by atoms with E-state index in [1.54, 1.807) is 24.5 Å². The van der Waals surface area contributed by atoms with Gasteiger partial charge in [0.1, 0.15) is 6.29 Å². The highest BCUT2D eigenvalue weighted by atomic mass is 16.1. The van der Waals surface area contributed by atoms with E-state index in [1.807, 2.05) is 18.2 Å². The van der Waals surface area contributed by atoms with Crippen molar-refractivity contribution in [1.82, 2.24) is 4.98 Å². The minimum absolute atomic E-state index is 0.108. The summed E-state index contributed by atoms with van der Waals surface area (Å²) in [4.78, 5) is 26.4. The Balaban J connectivity index is 1.96. The molecule has 0 fully saturated rings. The lowest BCUT2D eigenvalue weighted by molar-refractivity contribution is -0.112. The normalized spacial score (nSPS) is 18.0. The van der Waals surface area contributed by atoms with Gasteiger partial charge in [0.15, 0.2) is 0 Å². The molecule has 104 valence electrons. The number of carbonyl (C=O) groups is 2. The monoisotopic (exact) mass is 270 g/mol. The van der Waals surface area contributed by atoms with Gasteiger partial charge in [-0.3, -0.25) is 9.78 Å². The number of anilines is 1. The summed E-state index contributed by atoms with van der Waals surface area (Å²) >= 11 is 0. The summed E-state index contributed by atoms with van der Waals surface area (Å²) in [6.45, 7) is 0. The van der Waals surface area contributed by atoms with E-state index in [1.165, 1.54) is 0 Å². The molecule has 0 bridgehead atoms. The summed E-state index contributed by atoms with van der Waals surface area (Å²) in [5.74, 6) is 0.270. The van der Waals surface area contributed by atoms with Crippen molar-refractivity contribution in [3.8, 4) is 0 Å². The molecule has 1 N–H and O–H groups in total. The Morgan fingerprint density at radius 2 is 2.20 bits per heavy atom. The van der Waals surface area contributed by atoms with Crippen LogP contribution < -0.4 is 5.32 Å². The van der Waals surface area contributed by atoms with Gasteiger partial charge in [-0.1, -0.05) is 18.2 Å². The molecule has 1 unspecified atom stereocenters. The predicted octanol–water partition coefficient (Wildman–Crippen LogP) is 2.89. The van der Waals surface area contributed by atoms with Crippen molar-refractivity contribution in [3.05, 3.63) is 48.3 Å². The summed E-state index contributed by atoms with van der Waals surface area (Å²) < 4.78 is 0. The minimum atomic E-state index is -0.108. The molecule has 0 radical (unpaired) electrons. The van der Waals surface area contributed by atoms with Crippen LogP contribution in [-0.4, -0.2) is 17.2 Å². The second kappa shape index (κ2) is 7.38. The zero-order valence-corrected chi connectivity index (χ0v) is 11.3. The van der Waals surface area contributed by atoms with Crippen LogP contribution in [0, 0.1) is 5.92 Å². The zero-order valence-electron chi connectivity index (χ0n) is 11.3. The first-order chi connectivity index (χ1) is 9.79. The van der Waals surface area contributed by atoms with Crippen LogP contribution in [0.1, 0.15) is 25.7 Å². The van der Waals surface area contributed by atoms with Crippen LogP contribution in [-0.2, 0) is 9.59 Å². The Kier molecular flexibility index (Phi) is 5.24. The van der Waals surface area contributed by atoms with Crippen LogP contribution >= 0.6 is 0 Å². The number of aromatic nitrogens is 1. The SMILES string of the molecule is O=CCCC1C=CC(C(=O)Nc2ccncc2)=CCC1. The highest BCUT2D eigenvalue weighted by molar-refractivity contribution is 6.05. The van der Waals surface area contributed by atoms with Crippen LogP contribution in [0.15, 0.2) is 48.3 Å². The molecule has 0 aromatic carbocycles. The van der Waals surface area contributed by atoms with Gasteiger partial charge in [-0.2, -0.15) is 0 Å². The molecule has 1 amide bonds. The smallest absolute Gasteiger partial charge is 0.255 e. The molecule has 20 heavy (non-hydrogen) atoms. The summed E-state index contributed by atoms with van der Waals surface area (Å²) in [5.41, 5.74) is 1.41. The van der Waals surface area contributed by atoms with Gasteiger partial charge in [0.2, 0.25) is 0 Å². The number of nitrogens with one attached hydrogen (secondary N) is 1. The summed E-state index contributed by atoms with van der Waals surface area (Å²) in [7, 11) is 0. The van der Waals surface area contributed by atoms with Crippen molar-refractivity contribution in [3.63, 3.8) is 0 Å². The molecule has 0 saturated carbocycles. The third-order valence-electron chi connectivity index (χ3n) is 3.31. The van der Waals surface area contributed by atoms with Crippen LogP contribution in [0.2, 0.25) is 0 Å². The molecule has 1 aromatic heterocycles. The first-order valence-electron chi connectivity index (χ1n) is 6.83. The molecule has 1 heterocycles. The Hall–Kier alpha value is -2.23. The quantitative estimate of drug-likeness (QED) is 0.837. The predicted molar refractivity (Wildman–Crippen MR) is 78.1 cm³/mol. The minimum Gasteiger partial charge on any atom is -0.322 e. The molecular formula is C16H18N2O2. The Morgan fingerprint density at radius 3 is 2.95 bits per heavy atom.